The zero-order valence-corrected chi connectivity index (χ0v) is 20.4. The van der Waals surface area contributed by atoms with E-state index in [1.54, 1.807) is 18.2 Å². The molecule has 0 saturated carbocycles. The number of carbonyl (C=O) groups is 4. The fourth-order valence-electron chi connectivity index (χ4n) is 4.76. The van der Waals surface area contributed by atoms with E-state index < -0.39 is 35.9 Å². The molecule has 3 aliphatic rings. The molecule has 3 aliphatic heterocycles. The minimum absolute atomic E-state index is 0.00615. The summed E-state index contributed by atoms with van der Waals surface area (Å²) in [6.45, 7) is 0.776. The Morgan fingerprint density at radius 1 is 1.13 bits per heavy atom. The third-order valence-corrected chi connectivity index (χ3v) is 6.69. The second-order valence-electron chi connectivity index (χ2n) is 9.38. The second kappa shape index (κ2) is 10.7. The van der Waals surface area contributed by atoms with Gasteiger partial charge >= 0.3 is 6.03 Å². The first-order valence-electron chi connectivity index (χ1n) is 12.4. The van der Waals surface area contributed by atoms with Crippen molar-refractivity contribution in [2.45, 2.75) is 57.5 Å². The highest BCUT2D eigenvalue weighted by Gasteiger charge is 2.39. The number of halogens is 2. The molecule has 2 saturated heterocycles. The Kier molecular flexibility index (Phi) is 7.23. The van der Waals surface area contributed by atoms with Gasteiger partial charge in [0, 0.05) is 49.3 Å². The molecule has 0 aromatic heterocycles. The first kappa shape index (κ1) is 25.6. The maximum atomic E-state index is 14.2. The van der Waals surface area contributed by atoms with Crippen molar-refractivity contribution < 1.29 is 37.4 Å². The second-order valence-corrected chi connectivity index (χ2v) is 9.38. The molecule has 200 valence electrons. The van der Waals surface area contributed by atoms with E-state index in [1.807, 2.05) is 0 Å². The number of hydrogen-bond acceptors (Lipinski definition) is 6. The largest absolute Gasteiger partial charge is 0.462 e. The van der Waals surface area contributed by atoms with E-state index in [1.165, 1.54) is 11.0 Å². The Morgan fingerprint density at radius 3 is 2.74 bits per heavy atom. The average Bonchev–Trinajstić information content (AvgIpc) is 3.21. The SMILES string of the molecule is O=C1CCC(N2Cc3cc(CNC(=O)Nc4cc(F)c(F)c(OC5CCCCO5)c4)ccc3C2=O)C(=O)N1. The lowest BCUT2D eigenvalue weighted by Gasteiger charge is -2.29. The summed E-state index contributed by atoms with van der Waals surface area (Å²) in [6, 6.07) is 5.75. The van der Waals surface area contributed by atoms with E-state index in [4.69, 9.17) is 9.47 Å². The lowest BCUT2D eigenvalue weighted by Crippen LogP contribution is -2.52. The van der Waals surface area contributed by atoms with Gasteiger partial charge in [-0.05, 0) is 36.5 Å². The number of imide groups is 1. The number of carbonyl (C=O) groups excluding carboxylic acids is 4. The van der Waals surface area contributed by atoms with Crippen LogP contribution in [0, 0.1) is 11.6 Å². The highest BCUT2D eigenvalue weighted by molar-refractivity contribution is 6.05. The van der Waals surface area contributed by atoms with Gasteiger partial charge in [-0.15, -0.1) is 0 Å². The van der Waals surface area contributed by atoms with E-state index in [9.17, 15) is 28.0 Å². The van der Waals surface area contributed by atoms with Crippen molar-refractivity contribution in [3.8, 4) is 5.75 Å². The first-order valence-corrected chi connectivity index (χ1v) is 12.4. The fourth-order valence-corrected chi connectivity index (χ4v) is 4.76. The predicted molar refractivity (Wildman–Crippen MR) is 129 cm³/mol. The van der Waals surface area contributed by atoms with E-state index in [0.717, 1.165) is 18.9 Å². The van der Waals surface area contributed by atoms with E-state index in [-0.39, 0.29) is 49.2 Å². The van der Waals surface area contributed by atoms with Gasteiger partial charge in [0.05, 0.1) is 6.61 Å². The van der Waals surface area contributed by atoms with Crippen LogP contribution in [0.25, 0.3) is 0 Å². The topological polar surface area (TPSA) is 126 Å². The van der Waals surface area contributed by atoms with Gasteiger partial charge in [-0.1, -0.05) is 12.1 Å². The molecule has 3 heterocycles. The van der Waals surface area contributed by atoms with Crippen LogP contribution in [0.1, 0.15) is 53.6 Å². The molecule has 0 aliphatic carbocycles. The number of nitrogens with one attached hydrogen (secondary N) is 3. The molecule has 3 N–H and O–H groups in total. The monoisotopic (exact) mass is 528 g/mol. The molecule has 2 atom stereocenters. The van der Waals surface area contributed by atoms with Gasteiger partial charge in [-0.25, -0.2) is 9.18 Å². The number of hydrogen-bond donors (Lipinski definition) is 3. The fraction of sp³-hybridized carbons (Fsp3) is 0.385. The minimum Gasteiger partial charge on any atom is -0.462 e. The maximum absolute atomic E-state index is 14.2. The quantitative estimate of drug-likeness (QED) is 0.495. The summed E-state index contributed by atoms with van der Waals surface area (Å²) in [7, 11) is 0. The van der Waals surface area contributed by atoms with Gasteiger partial charge in [0.2, 0.25) is 17.6 Å². The van der Waals surface area contributed by atoms with Crippen molar-refractivity contribution >= 4 is 29.4 Å². The first-order chi connectivity index (χ1) is 18.3. The molecular formula is C26H26F2N4O6. The molecule has 5 amide bonds. The third-order valence-electron chi connectivity index (χ3n) is 6.69. The smallest absolute Gasteiger partial charge is 0.319 e. The van der Waals surface area contributed by atoms with E-state index in [2.05, 4.69) is 16.0 Å². The maximum Gasteiger partial charge on any atom is 0.319 e. The Morgan fingerprint density at radius 2 is 1.97 bits per heavy atom. The lowest BCUT2D eigenvalue weighted by atomic mass is 10.0. The molecule has 2 aromatic rings. The number of fused-ring (bicyclic) bond motifs is 1. The van der Waals surface area contributed by atoms with Gasteiger partial charge in [-0.3, -0.25) is 19.7 Å². The summed E-state index contributed by atoms with van der Waals surface area (Å²) in [4.78, 5) is 50.3. The van der Waals surface area contributed by atoms with Crippen molar-refractivity contribution in [3.63, 3.8) is 0 Å². The van der Waals surface area contributed by atoms with E-state index >= 15 is 0 Å². The van der Waals surface area contributed by atoms with Crippen molar-refractivity contribution in [1.29, 1.82) is 0 Å². The van der Waals surface area contributed by atoms with Crippen LogP contribution in [0.15, 0.2) is 30.3 Å². The Bertz CT molecular complexity index is 1300. The molecule has 2 unspecified atom stereocenters. The molecule has 0 spiro atoms. The molecule has 0 radical (unpaired) electrons. The Balaban J connectivity index is 1.19. The number of benzene rings is 2. The number of amides is 5. The third kappa shape index (κ3) is 5.44. The predicted octanol–water partition coefficient (Wildman–Crippen LogP) is 2.95. The number of anilines is 1. The molecule has 38 heavy (non-hydrogen) atoms. The van der Waals surface area contributed by atoms with Gasteiger partial charge in [0.25, 0.3) is 5.91 Å². The normalized spacial score (nSPS) is 21.1. The van der Waals surface area contributed by atoms with Crippen LogP contribution in [0.3, 0.4) is 0 Å². The van der Waals surface area contributed by atoms with Crippen LogP contribution in [0.4, 0.5) is 19.3 Å². The average molecular weight is 529 g/mol. The van der Waals surface area contributed by atoms with Crippen LogP contribution in [0.2, 0.25) is 0 Å². The lowest BCUT2D eigenvalue weighted by molar-refractivity contribution is -0.136. The van der Waals surface area contributed by atoms with Crippen LogP contribution < -0.4 is 20.7 Å². The van der Waals surface area contributed by atoms with Crippen LogP contribution in [-0.4, -0.2) is 47.6 Å². The summed E-state index contributed by atoms with van der Waals surface area (Å²) in [5, 5.41) is 7.37. The number of urea groups is 1. The Labute approximate surface area is 216 Å². The van der Waals surface area contributed by atoms with Gasteiger partial charge in [-0.2, -0.15) is 4.39 Å². The molecule has 12 heteroatoms. The standard InChI is InChI=1S/C26H26F2N4O6/c27-18-10-16(11-20(23(18)28)38-22-3-1-2-8-37-22)30-26(36)29-12-14-4-5-17-15(9-14)13-32(25(17)35)19-6-7-21(33)31-24(19)34/h4-5,9-11,19,22H,1-3,6-8,12-13H2,(H2,29,30,36)(H,31,33,34). The van der Waals surface area contributed by atoms with E-state index in [0.29, 0.717) is 29.7 Å². The summed E-state index contributed by atoms with van der Waals surface area (Å²) < 4.78 is 39.2. The van der Waals surface area contributed by atoms with Crippen LogP contribution in [-0.2, 0) is 27.4 Å². The zero-order chi connectivity index (χ0) is 26.8. The van der Waals surface area contributed by atoms with Crippen molar-refractivity contribution in [3.05, 3.63) is 58.7 Å². The number of nitrogens with zero attached hydrogens (tertiary/aromatic N) is 1. The molecule has 2 fully saturated rings. The highest BCUT2D eigenvalue weighted by atomic mass is 19.2. The van der Waals surface area contributed by atoms with Gasteiger partial charge in [0.15, 0.2) is 17.9 Å². The Hall–Kier alpha value is -4.06. The highest BCUT2D eigenvalue weighted by Crippen LogP contribution is 2.29. The number of piperidine rings is 1. The summed E-state index contributed by atoms with van der Waals surface area (Å²) >= 11 is 0. The summed E-state index contributed by atoms with van der Waals surface area (Å²) in [5.74, 6) is -3.81. The van der Waals surface area contributed by atoms with Crippen LogP contribution in [0.5, 0.6) is 5.75 Å². The minimum atomic E-state index is -1.17. The molecular weight excluding hydrogens is 502 g/mol. The number of ether oxygens (including phenoxy) is 2. The molecule has 2 aromatic carbocycles. The summed E-state index contributed by atoms with van der Waals surface area (Å²) in [5.41, 5.74) is 1.86. The van der Waals surface area contributed by atoms with Crippen LogP contribution >= 0.6 is 0 Å². The number of rotatable bonds is 6. The van der Waals surface area contributed by atoms with Crippen molar-refractivity contribution in [2.24, 2.45) is 0 Å². The zero-order valence-electron chi connectivity index (χ0n) is 20.4. The molecule has 0 bridgehead atoms. The summed E-state index contributed by atoms with van der Waals surface area (Å²) in [6.07, 6.45) is 2.03. The van der Waals surface area contributed by atoms with Gasteiger partial charge < -0.3 is 25.0 Å². The molecule has 5 rings (SSSR count). The van der Waals surface area contributed by atoms with Gasteiger partial charge in [0.1, 0.15) is 6.04 Å². The molecule has 10 nitrogen and oxygen atoms in total. The van der Waals surface area contributed by atoms with Crippen molar-refractivity contribution in [1.82, 2.24) is 15.5 Å². The van der Waals surface area contributed by atoms with Crippen molar-refractivity contribution in [2.75, 3.05) is 11.9 Å².